The second kappa shape index (κ2) is 5.55. The van der Waals surface area contributed by atoms with Crippen LogP contribution in [0.4, 0.5) is 5.69 Å². The summed E-state index contributed by atoms with van der Waals surface area (Å²) in [5.74, 6) is 0.194. The summed E-state index contributed by atoms with van der Waals surface area (Å²) in [6.07, 6.45) is 0. The van der Waals surface area contributed by atoms with Crippen molar-refractivity contribution in [2.75, 3.05) is 0 Å². The van der Waals surface area contributed by atoms with Crippen LogP contribution in [-0.4, -0.2) is 20.6 Å². The summed E-state index contributed by atoms with van der Waals surface area (Å²) in [4.78, 5) is 16.3. The topological polar surface area (TPSA) is 80.6 Å². The molecule has 0 fully saturated rings. The highest BCUT2D eigenvalue weighted by molar-refractivity contribution is 6.34. The third-order valence-electron chi connectivity index (χ3n) is 3.50. The molecular weight excluding hydrogens is 318 g/mol. The molecule has 0 atom stereocenters. The van der Waals surface area contributed by atoms with Crippen LogP contribution in [0.5, 0.6) is 5.75 Å². The number of aromatic hydroxyl groups is 1. The maximum Gasteiger partial charge on any atom is 0.348 e. The van der Waals surface area contributed by atoms with E-state index in [-0.39, 0.29) is 11.3 Å². The van der Waals surface area contributed by atoms with Crippen LogP contribution in [0, 0.1) is 6.92 Å². The average Bonchev–Trinajstić information content (AvgIpc) is 2.72. The molecule has 0 aliphatic rings. The summed E-state index contributed by atoms with van der Waals surface area (Å²) >= 11 is 6.03. The molecule has 3 rings (SSSR count). The quantitative estimate of drug-likeness (QED) is 0.730. The number of aliphatic imine (C=N–C) groups is 1. The molecule has 2 heterocycles. The van der Waals surface area contributed by atoms with Gasteiger partial charge in [0.15, 0.2) is 5.15 Å². The van der Waals surface area contributed by atoms with Crippen molar-refractivity contribution in [1.82, 2.24) is 9.78 Å². The van der Waals surface area contributed by atoms with E-state index in [4.69, 9.17) is 16.0 Å². The fourth-order valence-corrected chi connectivity index (χ4v) is 2.72. The number of hydrogen-bond donors (Lipinski definition) is 1. The second-order valence-electron chi connectivity index (χ2n) is 5.22. The van der Waals surface area contributed by atoms with Gasteiger partial charge in [0.2, 0.25) is 0 Å². The lowest BCUT2D eigenvalue weighted by molar-refractivity contribution is 0.432. The number of hydrogen-bond acceptors (Lipinski definition) is 5. The Kier molecular flexibility index (Phi) is 3.69. The van der Waals surface area contributed by atoms with Crippen LogP contribution in [0.1, 0.15) is 18.2 Å². The number of halogens is 1. The van der Waals surface area contributed by atoms with Gasteiger partial charge in [-0.05, 0) is 32.0 Å². The Balaban J connectivity index is 2.11. The van der Waals surface area contributed by atoms with Crippen molar-refractivity contribution in [3.8, 4) is 5.75 Å². The maximum atomic E-state index is 11.9. The van der Waals surface area contributed by atoms with E-state index in [1.807, 2.05) is 12.1 Å². The number of fused-ring (bicyclic) bond motifs is 1. The minimum absolute atomic E-state index is 0.0544. The second-order valence-corrected chi connectivity index (χ2v) is 5.58. The summed E-state index contributed by atoms with van der Waals surface area (Å²) in [6, 6.07) is 6.78. The Hall–Kier alpha value is -2.60. The molecule has 1 aromatic carbocycles. The van der Waals surface area contributed by atoms with Gasteiger partial charge in [-0.1, -0.05) is 11.6 Å². The third kappa shape index (κ3) is 2.73. The zero-order valence-corrected chi connectivity index (χ0v) is 13.5. The Morgan fingerprint density at radius 3 is 2.83 bits per heavy atom. The summed E-state index contributed by atoms with van der Waals surface area (Å²) < 4.78 is 6.67. The molecule has 0 amide bonds. The predicted molar refractivity (Wildman–Crippen MR) is 89.0 cm³/mol. The predicted octanol–water partition coefficient (Wildman–Crippen LogP) is 3.33. The van der Waals surface area contributed by atoms with Crippen molar-refractivity contribution in [3.63, 3.8) is 0 Å². The van der Waals surface area contributed by atoms with Gasteiger partial charge >= 0.3 is 5.63 Å². The molecule has 118 valence electrons. The van der Waals surface area contributed by atoms with E-state index in [0.29, 0.717) is 22.3 Å². The standard InChI is InChI=1S/C16H14ClN3O3/c1-8-6-13(21)14(16(22)23-8)9(2)18-10-4-5-11-12(7-10)20(3)19-15(11)17/h4-7,21H,1-3H3. The summed E-state index contributed by atoms with van der Waals surface area (Å²) in [7, 11) is 1.79. The minimum atomic E-state index is -0.617. The summed E-state index contributed by atoms with van der Waals surface area (Å²) in [5, 5.41) is 15.3. The molecule has 7 heteroatoms. The number of nitrogens with zero attached hydrogens (tertiary/aromatic N) is 3. The van der Waals surface area contributed by atoms with Crippen molar-refractivity contribution < 1.29 is 9.52 Å². The zero-order valence-electron chi connectivity index (χ0n) is 12.8. The van der Waals surface area contributed by atoms with Gasteiger partial charge in [0.05, 0.1) is 16.9 Å². The molecule has 3 aromatic rings. The zero-order chi connectivity index (χ0) is 16.7. The Morgan fingerprint density at radius 1 is 1.39 bits per heavy atom. The van der Waals surface area contributed by atoms with Gasteiger partial charge in [-0.3, -0.25) is 9.67 Å². The third-order valence-corrected chi connectivity index (χ3v) is 3.78. The van der Waals surface area contributed by atoms with Crippen LogP contribution in [-0.2, 0) is 7.05 Å². The van der Waals surface area contributed by atoms with Crippen LogP contribution in [0.25, 0.3) is 10.9 Å². The Labute approximate surface area is 136 Å². The summed E-state index contributed by atoms with van der Waals surface area (Å²) in [5.41, 5.74) is 1.24. The molecular formula is C16H14ClN3O3. The van der Waals surface area contributed by atoms with Crippen LogP contribution in [0.2, 0.25) is 5.15 Å². The molecule has 1 N–H and O–H groups in total. The lowest BCUT2D eigenvalue weighted by Crippen LogP contribution is -2.12. The van der Waals surface area contributed by atoms with Gasteiger partial charge in [0.25, 0.3) is 0 Å². The van der Waals surface area contributed by atoms with Gasteiger partial charge < -0.3 is 9.52 Å². The first-order chi connectivity index (χ1) is 10.9. The smallest absolute Gasteiger partial charge is 0.348 e. The van der Waals surface area contributed by atoms with Crippen LogP contribution in [0.15, 0.2) is 38.5 Å². The largest absolute Gasteiger partial charge is 0.507 e. The van der Waals surface area contributed by atoms with E-state index in [0.717, 1.165) is 10.9 Å². The lowest BCUT2D eigenvalue weighted by atomic mass is 10.1. The van der Waals surface area contributed by atoms with Crippen LogP contribution >= 0.6 is 11.6 Å². The first-order valence-corrected chi connectivity index (χ1v) is 7.26. The van der Waals surface area contributed by atoms with Crippen LogP contribution in [0.3, 0.4) is 0 Å². The maximum absolute atomic E-state index is 11.9. The number of aromatic nitrogens is 2. The van der Waals surface area contributed by atoms with E-state index >= 15 is 0 Å². The van der Waals surface area contributed by atoms with E-state index in [1.165, 1.54) is 6.07 Å². The van der Waals surface area contributed by atoms with E-state index in [2.05, 4.69) is 10.1 Å². The van der Waals surface area contributed by atoms with Crippen molar-refractivity contribution >= 4 is 33.9 Å². The molecule has 0 aliphatic carbocycles. The molecule has 2 aromatic heterocycles. The van der Waals surface area contributed by atoms with Crippen LogP contribution < -0.4 is 5.63 Å². The van der Waals surface area contributed by atoms with Gasteiger partial charge in [-0.25, -0.2) is 4.79 Å². The Morgan fingerprint density at radius 2 is 2.13 bits per heavy atom. The van der Waals surface area contributed by atoms with Gasteiger partial charge in [0.1, 0.15) is 17.1 Å². The molecule has 0 spiro atoms. The fourth-order valence-electron chi connectivity index (χ4n) is 2.45. The molecule has 0 radical (unpaired) electrons. The van der Waals surface area contributed by atoms with Crippen molar-refractivity contribution in [3.05, 3.63) is 51.2 Å². The number of benzene rings is 1. The summed E-state index contributed by atoms with van der Waals surface area (Å²) in [6.45, 7) is 3.24. The molecule has 6 nitrogen and oxygen atoms in total. The van der Waals surface area contributed by atoms with E-state index in [9.17, 15) is 9.90 Å². The lowest BCUT2D eigenvalue weighted by Gasteiger charge is -2.04. The highest BCUT2D eigenvalue weighted by Crippen LogP contribution is 2.27. The monoisotopic (exact) mass is 331 g/mol. The highest BCUT2D eigenvalue weighted by Gasteiger charge is 2.13. The minimum Gasteiger partial charge on any atom is -0.507 e. The van der Waals surface area contributed by atoms with Crippen molar-refractivity contribution in [2.45, 2.75) is 13.8 Å². The van der Waals surface area contributed by atoms with Crippen molar-refractivity contribution in [2.24, 2.45) is 12.0 Å². The molecule has 0 bridgehead atoms. The molecule has 0 unspecified atom stereocenters. The van der Waals surface area contributed by atoms with Gasteiger partial charge in [-0.15, -0.1) is 0 Å². The van der Waals surface area contributed by atoms with Gasteiger partial charge in [0, 0.05) is 18.5 Å². The number of rotatable bonds is 2. The first-order valence-electron chi connectivity index (χ1n) is 6.88. The SMILES string of the molecule is CC(=Nc1ccc2c(Cl)nn(C)c2c1)c1c(O)cc(C)oc1=O. The van der Waals surface area contributed by atoms with E-state index < -0.39 is 5.63 Å². The molecule has 0 saturated heterocycles. The molecule has 0 saturated carbocycles. The van der Waals surface area contributed by atoms with Crippen molar-refractivity contribution in [1.29, 1.82) is 0 Å². The normalized spacial score (nSPS) is 12.1. The molecule has 0 aliphatic heterocycles. The van der Waals surface area contributed by atoms with Gasteiger partial charge in [-0.2, -0.15) is 5.10 Å². The first kappa shape index (κ1) is 15.3. The highest BCUT2D eigenvalue weighted by atomic mass is 35.5. The molecule has 23 heavy (non-hydrogen) atoms. The van der Waals surface area contributed by atoms with E-state index in [1.54, 1.807) is 31.6 Å². The Bertz CT molecular complexity index is 1000. The fraction of sp³-hybridized carbons (Fsp3) is 0.188. The average molecular weight is 332 g/mol. The number of aryl methyl sites for hydroxylation is 2.